The van der Waals surface area contributed by atoms with Gasteiger partial charge < -0.3 is 9.67 Å². The molecule has 1 N–H and O–H groups in total. The van der Waals surface area contributed by atoms with E-state index in [4.69, 9.17) is 11.6 Å². The van der Waals surface area contributed by atoms with Crippen molar-refractivity contribution in [3.8, 4) is 0 Å². The van der Waals surface area contributed by atoms with Gasteiger partial charge in [-0.3, -0.25) is 9.88 Å². The summed E-state index contributed by atoms with van der Waals surface area (Å²) in [6.07, 6.45) is 6.37. The van der Waals surface area contributed by atoms with Crippen LogP contribution in [0.3, 0.4) is 0 Å². The Hall–Kier alpha value is -1.88. The molecule has 0 spiro atoms. The van der Waals surface area contributed by atoms with Gasteiger partial charge in [0.1, 0.15) is 0 Å². The molecule has 140 valence electrons. The van der Waals surface area contributed by atoms with Gasteiger partial charge in [-0.2, -0.15) is 0 Å². The van der Waals surface area contributed by atoms with E-state index in [2.05, 4.69) is 33.5 Å². The van der Waals surface area contributed by atoms with Crippen molar-refractivity contribution in [2.45, 2.75) is 44.9 Å². The standard InChI is InChI=1S/C22H24ClN3O/c1-14-4-5-17-21(22(14)23)20-16-3-2-11-25(16)12-8-18(20)26(17)13-19(27)15-6-9-24-10-7-15/h4-7,9-10,16,19,27H,2-3,8,11-13H2,1H3. The number of aliphatic hydroxyl groups excluding tert-OH is 1. The van der Waals surface area contributed by atoms with Crippen LogP contribution >= 0.6 is 11.6 Å². The molecule has 2 atom stereocenters. The summed E-state index contributed by atoms with van der Waals surface area (Å²) in [4.78, 5) is 6.66. The highest BCUT2D eigenvalue weighted by Gasteiger charge is 2.36. The molecule has 0 radical (unpaired) electrons. The van der Waals surface area contributed by atoms with Crippen LogP contribution < -0.4 is 0 Å². The topological polar surface area (TPSA) is 41.3 Å². The maximum absolute atomic E-state index is 10.9. The van der Waals surface area contributed by atoms with Crippen molar-refractivity contribution < 1.29 is 5.11 Å². The number of pyridine rings is 1. The van der Waals surface area contributed by atoms with Crippen LogP contribution in [0.25, 0.3) is 10.9 Å². The lowest BCUT2D eigenvalue weighted by Gasteiger charge is -2.31. The molecule has 2 aliphatic rings. The van der Waals surface area contributed by atoms with Crippen LogP contribution in [-0.2, 0) is 13.0 Å². The van der Waals surface area contributed by atoms with Crippen LogP contribution in [0.15, 0.2) is 36.7 Å². The molecule has 0 aliphatic carbocycles. The second-order valence-corrected chi connectivity index (χ2v) is 8.18. The second-order valence-electron chi connectivity index (χ2n) is 7.80. The van der Waals surface area contributed by atoms with Crippen LogP contribution in [0, 0.1) is 6.92 Å². The van der Waals surface area contributed by atoms with Gasteiger partial charge in [0.25, 0.3) is 0 Å². The van der Waals surface area contributed by atoms with Crippen molar-refractivity contribution in [3.05, 3.63) is 64.1 Å². The van der Waals surface area contributed by atoms with Crippen LogP contribution in [-0.4, -0.2) is 32.6 Å². The summed E-state index contributed by atoms with van der Waals surface area (Å²) in [5.41, 5.74) is 5.93. The number of fused-ring (bicyclic) bond motifs is 5. The fraction of sp³-hybridized carbons (Fsp3) is 0.409. The van der Waals surface area contributed by atoms with E-state index in [1.54, 1.807) is 12.4 Å². The lowest BCUT2D eigenvalue weighted by molar-refractivity contribution is 0.155. The molecule has 27 heavy (non-hydrogen) atoms. The Morgan fingerprint density at radius 2 is 2.04 bits per heavy atom. The number of aromatic nitrogens is 2. The van der Waals surface area contributed by atoms with E-state index in [-0.39, 0.29) is 0 Å². The molecule has 2 unspecified atom stereocenters. The number of nitrogens with zero attached hydrogens (tertiary/aromatic N) is 3. The van der Waals surface area contributed by atoms with E-state index < -0.39 is 6.10 Å². The zero-order valence-corrected chi connectivity index (χ0v) is 16.3. The number of hydrogen-bond acceptors (Lipinski definition) is 3. The molecule has 1 aromatic carbocycles. The molecule has 0 bridgehead atoms. The molecule has 4 nitrogen and oxygen atoms in total. The van der Waals surface area contributed by atoms with Crippen LogP contribution in [0.4, 0.5) is 0 Å². The largest absolute Gasteiger partial charge is 0.387 e. The van der Waals surface area contributed by atoms with E-state index in [1.165, 1.54) is 36.0 Å². The molecular formula is C22H24ClN3O. The van der Waals surface area contributed by atoms with Gasteiger partial charge in [0, 0.05) is 42.5 Å². The van der Waals surface area contributed by atoms with E-state index in [0.717, 1.165) is 34.6 Å². The lowest BCUT2D eigenvalue weighted by atomic mass is 9.95. The van der Waals surface area contributed by atoms with Crippen molar-refractivity contribution in [1.29, 1.82) is 0 Å². The van der Waals surface area contributed by atoms with Crippen molar-refractivity contribution in [3.63, 3.8) is 0 Å². The minimum absolute atomic E-state index is 0.467. The molecule has 4 heterocycles. The first-order valence-electron chi connectivity index (χ1n) is 9.77. The summed E-state index contributed by atoms with van der Waals surface area (Å²) in [5.74, 6) is 0. The summed E-state index contributed by atoms with van der Waals surface area (Å²) in [6.45, 7) is 4.89. The summed E-state index contributed by atoms with van der Waals surface area (Å²) in [7, 11) is 0. The molecule has 1 fully saturated rings. The van der Waals surface area contributed by atoms with Gasteiger partial charge in [-0.05, 0) is 61.2 Å². The van der Waals surface area contributed by atoms with Gasteiger partial charge in [0.2, 0.25) is 0 Å². The Balaban J connectivity index is 1.68. The molecule has 1 saturated heterocycles. The molecule has 2 aromatic heterocycles. The Morgan fingerprint density at radius 1 is 1.22 bits per heavy atom. The van der Waals surface area contributed by atoms with Gasteiger partial charge in [-0.15, -0.1) is 0 Å². The average Bonchev–Trinajstić information content (AvgIpc) is 3.28. The van der Waals surface area contributed by atoms with Crippen LogP contribution in [0.2, 0.25) is 5.02 Å². The summed E-state index contributed by atoms with van der Waals surface area (Å²) in [5, 5.41) is 12.9. The fourth-order valence-corrected chi connectivity index (χ4v) is 5.22. The molecule has 0 saturated carbocycles. The van der Waals surface area contributed by atoms with Gasteiger partial charge >= 0.3 is 0 Å². The molecule has 0 amide bonds. The molecule has 5 rings (SSSR count). The van der Waals surface area contributed by atoms with E-state index in [9.17, 15) is 5.11 Å². The number of halogens is 1. The Labute approximate surface area is 164 Å². The molecule has 3 aromatic rings. The quantitative estimate of drug-likeness (QED) is 0.729. The maximum Gasteiger partial charge on any atom is 0.0970 e. The second kappa shape index (κ2) is 6.62. The summed E-state index contributed by atoms with van der Waals surface area (Å²) in [6, 6.07) is 8.51. The van der Waals surface area contributed by atoms with Crippen molar-refractivity contribution in [2.75, 3.05) is 13.1 Å². The van der Waals surface area contributed by atoms with E-state index in [1.807, 2.05) is 12.1 Å². The lowest BCUT2D eigenvalue weighted by Crippen LogP contribution is -2.31. The zero-order valence-electron chi connectivity index (χ0n) is 15.5. The third-order valence-corrected chi connectivity index (χ3v) is 6.78. The monoisotopic (exact) mass is 381 g/mol. The fourth-order valence-electron chi connectivity index (χ4n) is 4.96. The van der Waals surface area contributed by atoms with Crippen molar-refractivity contribution in [1.82, 2.24) is 14.5 Å². The highest BCUT2D eigenvalue weighted by molar-refractivity contribution is 6.36. The summed E-state index contributed by atoms with van der Waals surface area (Å²) < 4.78 is 2.32. The number of benzene rings is 1. The van der Waals surface area contributed by atoms with Gasteiger partial charge in [-0.25, -0.2) is 0 Å². The molecule has 2 aliphatic heterocycles. The highest BCUT2D eigenvalue weighted by atomic mass is 35.5. The van der Waals surface area contributed by atoms with Crippen LogP contribution in [0.1, 0.15) is 47.4 Å². The van der Waals surface area contributed by atoms with E-state index >= 15 is 0 Å². The number of hydrogen-bond donors (Lipinski definition) is 1. The van der Waals surface area contributed by atoms with Gasteiger partial charge in [-0.1, -0.05) is 17.7 Å². The van der Waals surface area contributed by atoms with Gasteiger partial charge in [0.15, 0.2) is 0 Å². The first kappa shape index (κ1) is 17.2. The molecular weight excluding hydrogens is 358 g/mol. The van der Waals surface area contributed by atoms with Crippen LogP contribution in [0.5, 0.6) is 0 Å². The minimum Gasteiger partial charge on any atom is -0.387 e. The number of rotatable bonds is 3. The Morgan fingerprint density at radius 3 is 2.85 bits per heavy atom. The normalized spacial score (nSPS) is 20.6. The maximum atomic E-state index is 10.9. The van der Waals surface area contributed by atoms with Crippen molar-refractivity contribution in [2.24, 2.45) is 0 Å². The highest BCUT2D eigenvalue weighted by Crippen LogP contribution is 2.46. The minimum atomic E-state index is -0.561. The van der Waals surface area contributed by atoms with Crippen molar-refractivity contribution >= 4 is 22.5 Å². The zero-order chi connectivity index (χ0) is 18.5. The average molecular weight is 382 g/mol. The Bertz CT molecular complexity index is 998. The third kappa shape index (κ3) is 2.70. The van der Waals surface area contributed by atoms with Gasteiger partial charge in [0.05, 0.1) is 23.2 Å². The first-order valence-corrected chi connectivity index (χ1v) is 10.1. The molecule has 5 heteroatoms. The Kier molecular flexibility index (Phi) is 4.23. The van der Waals surface area contributed by atoms with E-state index in [0.29, 0.717) is 12.6 Å². The first-order chi connectivity index (χ1) is 13.1. The predicted molar refractivity (Wildman–Crippen MR) is 108 cm³/mol. The SMILES string of the molecule is Cc1ccc2c(c1Cl)c1c(n2CC(O)c2ccncc2)CCN2CCCC12. The number of aryl methyl sites for hydroxylation is 1. The smallest absolute Gasteiger partial charge is 0.0970 e. The predicted octanol–water partition coefficient (Wildman–Crippen LogP) is 4.42. The third-order valence-electron chi connectivity index (χ3n) is 6.29. The summed E-state index contributed by atoms with van der Waals surface area (Å²) >= 11 is 6.82. The number of aliphatic hydroxyl groups is 1.